The van der Waals surface area contributed by atoms with Gasteiger partial charge in [-0.15, -0.1) is 0 Å². The van der Waals surface area contributed by atoms with Crippen molar-refractivity contribution in [3.8, 4) is 5.75 Å². The van der Waals surface area contributed by atoms with Crippen molar-refractivity contribution in [3.63, 3.8) is 0 Å². The fourth-order valence-corrected chi connectivity index (χ4v) is 3.02. The number of para-hydroxylation sites is 1. The van der Waals surface area contributed by atoms with Gasteiger partial charge in [0.15, 0.2) is 0 Å². The molecule has 2 aromatic carbocycles. The molecular formula is C19H23NO. The predicted octanol–water partition coefficient (Wildman–Crippen LogP) is 4.25. The molecular weight excluding hydrogens is 258 g/mol. The maximum absolute atomic E-state index is 5.89. The molecule has 1 unspecified atom stereocenters. The number of hydrogen-bond donors (Lipinski definition) is 1. The van der Waals surface area contributed by atoms with Crippen LogP contribution in [0.15, 0.2) is 48.5 Å². The summed E-state index contributed by atoms with van der Waals surface area (Å²) in [6.07, 6.45) is 2.57. The molecule has 2 heteroatoms. The van der Waals surface area contributed by atoms with Gasteiger partial charge in [0.2, 0.25) is 0 Å². The van der Waals surface area contributed by atoms with E-state index in [9.17, 15) is 0 Å². The molecule has 0 spiro atoms. The second kappa shape index (κ2) is 6.31. The third-order valence-electron chi connectivity index (χ3n) is 4.01. The van der Waals surface area contributed by atoms with Crippen LogP contribution < -0.4 is 10.1 Å². The summed E-state index contributed by atoms with van der Waals surface area (Å²) >= 11 is 0. The number of rotatable bonds is 5. The fraction of sp³-hybridized carbons (Fsp3) is 0.368. The van der Waals surface area contributed by atoms with E-state index in [0.29, 0.717) is 6.04 Å². The van der Waals surface area contributed by atoms with Gasteiger partial charge in [-0.1, -0.05) is 42.5 Å². The SMILES string of the molecule is CC(C)Oc1ccccc1CNC1CCc2ccccc21. The van der Waals surface area contributed by atoms with Crippen molar-refractivity contribution >= 4 is 0 Å². The molecule has 0 fully saturated rings. The number of nitrogens with one attached hydrogen (secondary N) is 1. The van der Waals surface area contributed by atoms with Crippen LogP contribution in [0.1, 0.15) is 43.0 Å². The number of fused-ring (bicyclic) bond motifs is 1. The van der Waals surface area contributed by atoms with E-state index < -0.39 is 0 Å². The van der Waals surface area contributed by atoms with Gasteiger partial charge >= 0.3 is 0 Å². The van der Waals surface area contributed by atoms with Crippen molar-refractivity contribution in [1.82, 2.24) is 5.32 Å². The first kappa shape index (κ1) is 14.2. The third kappa shape index (κ3) is 3.27. The van der Waals surface area contributed by atoms with E-state index in [1.54, 1.807) is 0 Å². The molecule has 3 rings (SSSR count). The smallest absolute Gasteiger partial charge is 0.124 e. The van der Waals surface area contributed by atoms with Gasteiger partial charge in [0.25, 0.3) is 0 Å². The Morgan fingerprint density at radius 1 is 1.10 bits per heavy atom. The largest absolute Gasteiger partial charge is 0.491 e. The topological polar surface area (TPSA) is 21.3 Å². The van der Waals surface area contributed by atoms with Gasteiger partial charge in [-0.2, -0.15) is 0 Å². The number of aryl methyl sites for hydroxylation is 1. The molecule has 1 aliphatic rings. The van der Waals surface area contributed by atoms with E-state index in [2.05, 4.69) is 61.6 Å². The monoisotopic (exact) mass is 281 g/mol. The molecule has 21 heavy (non-hydrogen) atoms. The van der Waals surface area contributed by atoms with Gasteiger partial charge in [0.05, 0.1) is 6.10 Å². The number of benzene rings is 2. The Morgan fingerprint density at radius 3 is 2.71 bits per heavy atom. The van der Waals surface area contributed by atoms with Gasteiger partial charge in [-0.05, 0) is 43.9 Å². The second-order valence-electron chi connectivity index (χ2n) is 5.95. The highest BCUT2D eigenvalue weighted by Gasteiger charge is 2.21. The third-order valence-corrected chi connectivity index (χ3v) is 4.01. The quantitative estimate of drug-likeness (QED) is 0.884. The summed E-state index contributed by atoms with van der Waals surface area (Å²) in [6.45, 7) is 4.98. The molecule has 0 saturated heterocycles. The lowest BCUT2D eigenvalue weighted by Crippen LogP contribution is -2.19. The molecule has 0 bridgehead atoms. The first-order chi connectivity index (χ1) is 10.2. The zero-order valence-corrected chi connectivity index (χ0v) is 12.8. The highest BCUT2D eigenvalue weighted by Crippen LogP contribution is 2.31. The minimum absolute atomic E-state index is 0.207. The summed E-state index contributed by atoms with van der Waals surface area (Å²) in [5.41, 5.74) is 4.18. The van der Waals surface area contributed by atoms with Crippen LogP contribution in [-0.4, -0.2) is 6.10 Å². The van der Waals surface area contributed by atoms with Gasteiger partial charge in [0, 0.05) is 18.2 Å². The van der Waals surface area contributed by atoms with Gasteiger partial charge in [-0.3, -0.25) is 0 Å². The molecule has 1 aliphatic carbocycles. The lowest BCUT2D eigenvalue weighted by Gasteiger charge is -2.17. The zero-order chi connectivity index (χ0) is 14.7. The van der Waals surface area contributed by atoms with Crippen LogP contribution in [0, 0.1) is 0 Å². The summed E-state index contributed by atoms with van der Waals surface area (Å²) in [5.74, 6) is 0.992. The predicted molar refractivity (Wildman–Crippen MR) is 86.5 cm³/mol. The Labute approximate surface area is 127 Å². The van der Waals surface area contributed by atoms with Gasteiger partial charge < -0.3 is 10.1 Å². The van der Waals surface area contributed by atoms with Gasteiger partial charge in [-0.25, -0.2) is 0 Å². The lowest BCUT2D eigenvalue weighted by molar-refractivity contribution is 0.239. The average Bonchev–Trinajstić information content (AvgIpc) is 2.89. The molecule has 0 radical (unpaired) electrons. The molecule has 0 saturated carbocycles. The Kier molecular flexibility index (Phi) is 4.26. The molecule has 0 amide bonds. The fourth-order valence-electron chi connectivity index (χ4n) is 3.02. The first-order valence-corrected chi connectivity index (χ1v) is 7.80. The first-order valence-electron chi connectivity index (χ1n) is 7.80. The minimum Gasteiger partial charge on any atom is -0.491 e. The Bertz CT molecular complexity index is 606. The van der Waals surface area contributed by atoms with Crippen molar-refractivity contribution in [1.29, 1.82) is 0 Å². The maximum Gasteiger partial charge on any atom is 0.124 e. The molecule has 0 aliphatic heterocycles. The van der Waals surface area contributed by atoms with Crippen LogP contribution in [0.25, 0.3) is 0 Å². The number of ether oxygens (including phenoxy) is 1. The van der Waals surface area contributed by atoms with E-state index in [0.717, 1.165) is 12.3 Å². The maximum atomic E-state index is 5.89. The van der Waals surface area contributed by atoms with Crippen molar-refractivity contribution < 1.29 is 4.74 Å². The van der Waals surface area contributed by atoms with E-state index in [1.165, 1.54) is 29.5 Å². The van der Waals surface area contributed by atoms with Crippen LogP contribution in [0.4, 0.5) is 0 Å². The van der Waals surface area contributed by atoms with Crippen molar-refractivity contribution in [2.45, 2.75) is 45.4 Å². The Hall–Kier alpha value is -1.80. The van der Waals surface area contributed by atoms with Crippen LogP contribution in [0.3, 0.4) is 0 Å². The summed E-state index contributed by atoms with van der Waals surface area (Å²) in [6, 6.07) is 17.5. The normalized spacial score (nSPS) is 17.0. The standard InChI is InChI=1S/C19H23NO/c1-14(2)21-19-10-6-4-8-16(19)13-20-18-12-11-15-7-3-5-9-17(15)18/h3-10,14,18,20H,11-13H2,1-2H3. The van der Waals surface area contributed by atoms with Crippen molar-refractivity contribution in [2.24, 2.45) is 0 Å². The van der Waals surface area contributed by atoms with Crippen molar-refractivity contribution in [2.75, 3.05) is 0 Å². The van der Waals surface area contributed by atoms with Crippen LogP contribution in [0.2, 0.25) is 0 Å². The highest BCUT2D eigenvalue weighted by molar-refractivity contribution is 5.36. The molecule has 110 valence electrons. The minimum atomic E-state index is 0.207. The summed E-state index contributed by atoms with van der Waals surface area (Å²) in [5, 5.41) is 3.69. The van der Waals surface area contributed by atoms with Gasteiger partial charge in [0.1, 0.15) is 5.75 Å². The summed E-state index contributed by atoms with van der Waals surface area (Å²) in [4.78, 5) is 0. The molecule has 1 N–H and O–H groups in total. The van der Waals surface area contributed by atoms with Crippen LogP contribution in [0.5, 0.6) is 5.75 Å². The van der Waals surface area contributed by atoms with E-state index in [1.807, 2.05) is 6.07 Å². The zero-order valence-electron chi connectivity index (χ0n) is 12.8. The van der Waals surface area contributed by atoms with Crippen LogP contribution in [-0.2, 0) is 13.0 Å². The van der Waals surface area contributed by atoms with E-state index in [4.69, 9.17) is 4.74 Å². The Morgan fingerprint density at radius 2 is 1.86 bits per heavy atom. The van der Waals surface area contributed by atoms with E-state index >= 15 is 0 Å². The Balaban J connectivity index is 1.69. The van der Waals surface area contributed by atoms with Crippen LogP contribution >= 0.6 is 0 Å². The molecule has 0 heterocycles. The molecule has 1 atom stereocenters. The van der Waals surface area contributed by atoms with Crippen molar-refractivity contribution in [3.05, 3.63) is 65.2 Å². The molecule has 2 aromatic rings. The summed E-state index contributed by atoms with van der Waals surface area (Å²) in [7, 11) is 0. The number of hydrogen-bond acceptors (Lipinski definition) is 2. The average molecular weight is 281 g/mol. The lowest BCUT2D eigenvalue weighted by atomic mass is 10.1. The molecule has 0 aromatic heterocycles. The van der Waals surface area contributed by atoms with E-state index in [-0.39, 0.29) is 6.10 Å². The summed E-state index contributed by atoms with van der Waals surface area (Å²) < 4.78 is 5.89. The highest BCUT2D eigenvalue weighted by atomic mass is 16.5. The second-order valence-corrected chi connectivity index (χ2v) is 5.95. The molecule has 2 nitrogen and oxygen atoms in total.